The summed E-state index contributed by atoms with van der Waals surface area (Å²) in [5.41, 5.74) is 1.22. The van der Waals surface area contributed by atoms with Crippen LogP contribution in [0.2, 0.25) is 0 Å². The Bertz CT molecular complexity index is 571. The van der Waals surface area contributed by atoms with Crippen molar-refractivity contribution in [2.24, 2.45) is 0 Å². The Hall–Kier alpha value is -2.02. The lowest BCUT2D eigenvalue weighted by Gasteiger charge is -2.44. The van der Waals surface area contributed by atoms with E-state index < -0.39 is 18.0 Å². The molecule has 2 atom stereocenters. The van der Waals surface area contributed by atoms with Crippen LogP contribution in [-0.2, 0) is 19.1 Å². The molecule has 0 aliphatic carbocycles. The standard InChI is InChI=1S/C14H15NO5S/c1-8(16)20-12-11(15(21-3)13(12)17)9-4-6-10(7-5-9)14(18)19-2/h4-7,11-12H,1-3H3/t11-,12-/m1/s1. The van der Waals surface area contributed by atoms with E-state index in [1.54, 1.807) is 34.8 Å². The quantitative estimate of drug-likeness (QED) is 0.477. The maximum absolute atomic E-state index is 11.9. The Labute approximate surface area is 126 Å². The van der Waals surface area contributed by atoms with Crippen molar-refractivity contribution in [3.63, 3.8) is 0 Å². The largest absolute Gasteiger partial charge is 0.465 e. The van der Waals surface area contributed by atoms with Crippen LogP contribution in [-0.4, -0.2) is 41.6 Å². The van der Waals surface area contributed by atoms with Gasteiger partial charge in [-0.3, -0.25) is 13.9 Å². The Kier molecular flexibility index (Phi) is 4.52. The van der Waals surface area contributed by atoms with E-state index in [2.05, 4.69) is 4.74 Å². The fraction of sp³-hybridized carbons (Fsp3) is 0.357. The molecule has 1 aliphatic heterocycles. The number of carbonyl (C=O) groups excluding carboxylic acids is 3. The van der Waals surface area contributed by atoms with Crippen LogP contribution in [0.4, 0.5) is 0 Å². The average Bonchev–Trinajstić information content (AvgIpc) is 2.49. The molecule has 0 spiro atoms. The summed E-state index contributed by atoms with van der Waals surface area (Å²) in [7, 11) is 1.31. The zero-order valence-electron chi connectivity index (χ0n) is 11.9. The van der Waals surface area contributed by atoms with Gasteiger partial charge < -0.3 is 9.47 Å². The number of benzene rings is 1. The molecule has 7 heteroatoms. The zero-order valence-corrected chi connectivity index (χ0v) is 12.7. The van der Waals surface area contributed by atoms with E-state index in [1.165, 1.54) is 26.0 Å². The first-order valence-corrected chi connectivity index (χ1v) is 7.40. The van der Waals surface area contributed by atoms with Crippen molar-refractivity contribution >= 4 is 29.8 Å². The van der Waals surface area contributed by atoms with Crippen LogP contribution in [0.3, 0.4) is 0 Å². The highest BCUT2D eigenvalue weighted by Gasteiger charge is 2.50. The van der Waals surface area contributed by atoms with Gasteiger partial charge in [0.15, 0.2) is 0 Å². The molecule has 2 rings (SSSR count). The van der Waals surface area contributed by atoms with Crippen molar-refractivity contribution in [3.05, 3.63) is 35.4 Å². The van der Waals surface area contributed by atoms with E-state index in [0.29, 0.717) is 5.56 Å². The molecular formula is C14H15NO5S. The maximum Gasteiger partial charge on any atom is 0.337 e. The maximum atomic E-state index is 11.9. The minimum atomic E-state index is -0.807. The van der Waals surface area contributed by atoms with E-state index in [4.69, 9.17) is 4.74 Å². The van der Waals surface area contributed by atoms with E-state index in [0.717, 1.165) is 5.56 Å². The molecule has 0 bridgehead atoms. The lowest BCUT2D eigenvalue weighted by Crippen LogP contribution is -2.56. The monoisotopic (exact) mass is 309 g/mol. The zero-order chi connectivity index (χ0) is 15.6. The van der Waals surface area contributed by atoms with E-state index in [9.17, 15) is 14.4 Å². The summed E-state index contributed by atoms with van der Waals surface area (Å²) in [6.45, 7) is 1.27. The topological polar surface area (TPSA) is 72.9 Å². The summed E-state index contributed by atoms with van der Waals surface area (Å²) >= 11 is 1.27. The molecule has 1 amide bonds. The van der Waals surface area contributed by atoms with Crippen molar-refractivity contribution in [1.29, 1.82) is 0 Å². The van der Waals surface area contributed by atoms with E-state index >= 15 is 0 Å². The molecule has 6 nitrogen and oxygen atoms in total. The van der Waals surface area contributed by atoms with Gasteiger partial charge >= 0.3 is 11.9 Å². The predicted molar refractivity (Wildman–Crippen MR) is 76.4 cm³/mol. The smallest absolute Gasteiger partial charge is 0.337 e. The number of carbonyl (C=O) groups is 3. The number of amides is 1. The first-order chi connectivity index (χ1) is 9.99. The number of methoxy groups -OCH3 is 1. The fourth-order valence-corrected chi connectivity index (χ4v) is 2.92. The molecule has 1 heterocycles. The van der Waals surface area contributed by atoms with Crippen LogP contribution in [0.25, 0.3) is 0 Å². The van der Waals surface area contributed by atoms with Gasteiger partial charge in [-0.15, -0.1) is 0 Å². The SMILES string of the molecule is COC(=O)c1ccc([C@@H]2[C@@H](OC(C)=O)C(=O)N2SC)cc1. The first kappa shape index (κ1) is 15.4. The molecule has 112 valence electrons. The van der Waals surface area contributed by atoms with Crippen molar-refractivity contribution in [3.8, 4) is 0 Å². The minimum Gasteiger partial charge on any atom is -0.465 e. The molecule has 1 aliphatic rings. The van der Waals surface area contributed by atoms with Crippen molar-refractivity contribution in [2.75, 3.05) is 13.4 Å². The third kappa shape index (κ3) is 2.87. The highest BCUT2D eigenvalue weighted by atomic mass is 32.2. The van der Waals surface area contributed by atoms with Crippen LogP contribution >= 0.6 is 11.9 Å². The Balaban J connectivity index is 2.23. The molecule has 1 saturated heterocycles. The number of nitrogens with zero attached hydrogens (tertiary/aromatic N) is 1. The van der Waals surface area contributed by atoms with E-state index in [-0.39, 0.29) is 11.9 Å². The number of esters is 2. The molecule has 1 fully saturated rings. The second-order valence-corrected chi connectivity index (χ2v) is 5.19. The van der Waals surface area contributed by atoms with Crippen LogP contribution in [0.1, 0.15) is 28.9 Å². The van der Waals surface area contributed by atoms with Gasteiger partial charge in [0.05, 0.1) is 12.7 Å². The molecule has 1 aromatic carbocycles. The summed E-state index contributed by atoms with van der Waals surface area (Å²) in [5, 5.41) is 0. The molecule has 0 aromatic heterocycles. The van der Waals surface area contributed by atoms with Gasteiger partial charge in [0.2, 0.25) is 6.10 Å². The lowest BCUT2D eigenvalue weighted by molar-refractivity contribution is -0.173. The molecular weight excluding hydrogens is 294 g/mol. The lowest BCUT2D eigenvalue weighted by atomic mass is 9.93. The summed E-state index contributed by atoms with van der Waals surface area (Å²) in [5.74, 6) is -1.16. The normalized spacial score (nSPS) is 20.7. The van der Waals surface area contributed by atoms with Crippen LogP contribution in [0, 0.1) is 0 Å². The highest BCUT2D eigenvalue weighted by Crippen LogP contribution is 2.41. The van der Waals surface area contributed by atoms with E-state index in [1.807, 2.05) is 0 Å². The van der Waals surface area contributed by atoms with Gasteiger partial charge in [-0.25, -0.2) is 4.79 Å². The molecule has 0 radical (unpaired) electrons. The summed E-state index contributed by atoms with van der Waals surface area (Å²) in [6, 6.07) is 6.34. The van der Waals surface area contributed by atoms with Gasteiger partial charge in [-0.2, -0.15) is 0 Å². The van der Waals surface area contributed by atoms with Crippen molar-refractivity contribution in [2.45, 2.75) is 19.1 Å². The molecule has 0 N–H and O–H groups in total. The number of β-lactam (4-membered cyclic amide) rings is 1. The number of hydrogen-bond acceptors (Lipinski definition) is 6. The van der Waals surface area contributed by atoms with Crippen molar-refractivity contribution in [1.82, 2.24) is 4.31 Å². The van der Waals surface area contributed by atoms with Gasteiger partial charge in [-0.1, -0.05) is 24.1 Å². The predicted octanol–water partition coefficient (Wildman–Crippen LogP) is 1.57. The third-order valence-electron chi connectivity index (χ3n) is 3.16. The van der Waals surface area contributed by atoms with Crippen LogP contribution in [0.5, 0.6) is 0 Å². The molecule has 0 saturated carbocycles. The molecule has 1 aromatic rings. The fourth-order valence-electron chi connectivity index (χ4n) is 2.18. The van der Waals surface area contributed by atoms with Gasteiger partial charge in [0.25, 0.3) is 5.91 Å². The second kappa shape index (κ2) is 6.17. The Morgan fingerprint density at radius 2 is 1.86 bits per heavy atom. The van der Waals surface area contributed by atoms with Crippen LogP contribution in [0.15, 0.2) is 24.3 Å². The summed E-state index contributed by atoms with van der Waals surface area (Å²) in [6.07, 6.45) is 0.969. The molecule has 21 heavy (non-hydrogen) atoms. The average molecular weight is 309 g/mol. The Morgan fingerprint density at radius 3 is 2.33 bits per heavy atom. The third-order valence-corrected chi connectivity index (χ3v) is 3.96. The number of hydrogen-bond donors (Lipinski definition) is 0. The van der Waals surface area contributed by atoms with Gasteiger partial charge in [-0.05, 0) is 17.7 Å². The van der Waals surface area contributed by atoms with Crippen molar-refractivity contribution < 1.29 is 23.9 Å². The highest BCUT2D eigenvalue weighted by molar-refractivity contribution is 7.96. The van der Waals surface area contributed by atoms with Gasteiger partial charge in [0.1, 0.15) is 6.04 Å². The Morgan fingerprint density at radius 1 is 1.24 bits per heavy atom. The first-order valence-electron chi connectivity index (χ1n) is 6.22. The van der Waals surface area contributed by atoms with Crippen LogP contribution < -0.4 is 0 Å². The number of ether oxygens (including phenoxy) is 2. The number of rotatable bonds is 4. The minimum absolute atomic E-state index is 0.236. The second-order valence-electron chi connectivity index (χ2n) is 4.44. The van der Waals surface area contributed by atoms with Gasteiger partial charge in [0, 0.05) is 13.2 Å². The summed E-state index contributed by atoms with van der Waals surface area (Å²) < 4.78 is 11.2. The summed E-state index contributed by atoms with van der Waals surface area (Å²) in [4.78, 5) is 34.4. The molecule has 0 unspecified atom stereocenters.